The standard InChI is InChI=1S/C34H32N4O3S2/c1-2-41-33(40)30-27-15-9-10-16-28(27)43-32(30)35-31(39)25-19-17-24(18-20-25)22-42-34-37-36-29(21-23-11-5-3-6-12-23)38(34)26-13-7-4-8-14-26/h3-8,11-14,17-20H,2,9-10,15-16,21-22H2,1H3,(H,35,39). The van der Waals surface area contributed by atoms with Crippen molar-refractivity contribution in [2.45, 2.75) is 49.9 Å². The molecule has 1 aliphatic rings. The van der Waals surface area contributed by atoms with Crippen LogP contribution in [0.15, 0.2) is 90.1 Å². The van der Waals surface area contributed by atoms with Crippen LogP contribution in [-0.4, -0.2) is 33.2 Å². The molecule has 7 nitrogen and oxygen atoms in total. The lowest BCUT2D eigenvalue weighted by atomic mass is 9.95. The van der Waals surface area contributed by atoms with Crippen molar-refractivity contribution in [1.29, 1.82) is 0 Å². The van der Waals surface area contributed by atoms with Crippen molar-refractivity contribution >= 4 is 40.0 Å². The van der Waals surface area contributed by atoms with Crippen LogP contribution in [0.25, 0.3) is 5.69 Å². The highest BCUT2D eigenvalue weighted by Crippen LogP contribution is 2.39. The number of esters is 1. The number of ether oxygens (including phenoxy) is 1. The molecule has 0 saturated carbocycles. The van der Waals surface area contributed by atoms with Gasteiger partial charge in [0.15, 0.2) is 5.16 Å². The molecule has 9 heteroatoms. The first kappa shape index (κ1) is 28.9. The lowest BCUT2D eigenvalue weighted by Crippen LogP contribution is -2.15. The molecule has 1 N–H and O–H groups in total. The Morgan fingerprint density at radius 2 is 1.63 bits per heavy atom. The van der Waals surface area contributed by atoms with Gasteiger partial charge in [0, 0.05) is 28.3 Å². The van der Waals surface area contributed by atoms with Crippen LogP contribution >= 0.6 is 23.1 Å². The van der Waals surface area contributed by atoms with E-state index < -0.39 is 0 Å². The number of anilines is 1. The van der Waals surface area contributed by atoms with Gasteiger partial charge in [0.1, 0.15) is 10.8 Å². The molecular formula is C34H32N4O3S2. The molecule has 0 unspecified atom stereocenters. The summed E-state index contributed by atoms with van der Waals surface area (Å²) in [5, 5.41) is 13.5. The number of thioether (sulfide) groups is 1. The maximum atomic E-state index is 13.2. The number of thiophene rings is 1. The number of hydrogen-bond acceptors (Lipinski definition) is 7. The Labute approximate surface area is 259 Å². The number of rotatable bonds is 10. The van der Waals surface area contributed by atoms with E-state index in [4.69, 9.17) is 4.74 Å². The molecule has 1 amide bonds. The molecule has 0 aliphatic heterocycles. The van der Waals surface area contributed by atoms with Gasteiger partial charge in [-0.3, -0.25) is 9.36 Å². The van der Waals surface area contributed by atoms with Crippen molar-refractivity contribution in [2.24, 2.45) is 0 Å². The van der Waals surface area contributed by atoms with Crippen LogP contribution in [0.1, 0.15) is 67.9 Å². The number of para-hydroxylation sites is 1. The fourth-order valence-electron chi connectivity index (χ4n) is 5.27. The van der Waals surface area contributed by atoms with E-state index >= 15 is 0 Å². The van der Waals surface area contributed by atoms with Crippen molar-refractivity contribution < 1.29 is 14.3 Å². The fraction of sp³-hybridized carbons (Fsp3) is 0.235. The Kier molecular flexibility index (Phi) is 9.00. The Hall–Kier alpha value is -4.21. The molecule has 2 heterocycles. The van der Waals surface area contributed by atoms with Gasteiger partial charge in [0.25, 0.3) is 5.91 Å². The molecule has 0 radical (unpaired) electrons. The summed E-state index contributed by atoms with van der Waals surface area (Å²) < 4.78 is 7.44. The second kappa shape index (κ2) is 13.4. The van der Waals surface area contributed by atoms with Crippen LogP contribution in [0, 0.1) is 0 Å². The number of aryl methyl sites for hydroxylation is 1. The van der Waals surface area contributed by atoms with E-state index in [0.29, 0.717) is 34.9 Å². The Morgan fingerprint density at radius 3 is 2.37 bits per heavy atom. The third-order valence-electron chi connectivity index (χ3n) is 7.38. The van der Waals surface area contributed by atoms with Gasteiger partial charge >= 0.3 is 5.97 Å². The third-order valence-corrected chi connectivity index (χ3v) is 9.59. The summed E-state index contributed by atoms with van der Waals surface area (Å²) in [6, 6.07) is 28.0. The maximum absolute atomic E-state index is 13.2. The quantitative estimate of drug-likeness (QED) is 0.130. The highest BCUT2D eigenvalue weighted by atomic mass is 32.2. The van der Waals surface area contributed by atoms with E-state index in [-0.39, 0.29) is 11.9 Å². The maximum Gasteiger partial charge on any atom is 0.341 e. The van der Waals surface area contributed by atoms with Gasteiger partial charge in [0.2, 0.25) is 0 Å². The number of amides is 1. The summed E-state index contributed by atoms with van der Waals surface area (Å²) in [7, 11) is 0. The smallest absolute Gasteiger partial charge is 0.341 e. The lowest BCUT2D eigenvalue weighted by molar-refractivity contribution is 0.0526. The molecule has 0 fully saturated rings. The van der Waals surface area contributed by atoms with E-state index in [9.17, 15) is 9.59 Å². The van der Waals surface area contributed by atoms with Crippen LogP contribution in [0.3, 0.4) is 0 Å². The van der Waals surface area contributed by atoms with E-state index in [1.165, 1.54) is 21.8 Å². The van der Waals surface area contributed by atoms with Crippen molar-refractivity contribution in [3.63, 3.8) is 0 Å². The molecular weight excluding hydrogens is 577 g/mol. The minimum Gasteiger partial charge on any atom is -0.462 e. The molecule has 5 aromatic rings. The minimum atomic E-state index is -0.361. The molecule has 0 atom stereocenters. The molecule has 3 aromatic carbocycles. The zero-order valence-corrected chi connectivity index (χ0v) is 25.5. The molecule has 0 saturated heterocycles. The van der Waals surface area contributed by atoms with Crippen molar-refractivity contribution in [3.05, 3.63) is 123 Å². The van der Waals surface area contributed by atoms with Gasteiger partial charge in [-0.25, -0.2) is 4.79 Å². The lowest BCUT2D eigenvalue weighted by Gasteiger charge is -2.12. The van der Waals surface area contributed by atoms with Crippen LogP contribution in [0.5, 0.6) is 0 Å². The second-order valence-electron chi connectivity index (χ2n) is 10.3. The Morgan fingerprint density at radius 1 is 0.907 bits per heavy atom. The van der Waals surface area contributed by atoms with Crippen LogP contribution in [0.2, 0.25) is 0 Å². The number of nitrogens with one attached hydrogen (secondary N) is 1. The molecule has 1 aliphatic carbocycles. The Balaban J connectivity index is 1.16. The fourth-order valence-corrected chi connectivity index (χ4v) is 7.47. The number of carbonyl (C=O) groups excluding carboxylic acids is 2. The summed E-state index contributed by atoms with van der Waals surface area (Å²) in [6.07, 6.45) is 4.59. The SMILES string of the molecule is CCOC(=O)c1c(NC(=O)c2ccc(CSc3nnc(Cc4ccccc4)n3-c3ccccc3)cc2)sc2c1CCCC2. The van der Waals surface area contributed by atoms with E-state index in [1.54, 1.807) is 18.7 Å². The third kappa shape index (κ3) is 6.58. The van der Waals surface area contributed by atoms with Crippen molar-refractivity contribution in [2.75, 3.05) is 11.9 Å². The number of benzene rings is 3. The topological polar surface area (TPSA) is 86.1 Å². The van der Waals surface area contributed by atoms with Gasteiger partial charge in [-0.1, -0.05) is 72.4 Å². The first-order valence-electron chi connectivity index (χ1n) is 14.5. The van der Waals surface area contributed by atoms with Crippen LogP contribution < -0.4 is 5.32 Å². The van der Waals surface area contributed by atoms with Gasteiger partial charge < -0.3 is 10.1 Å². The molecule has 0 spiro atoms. The summed E-state index contributed by atoms with van der Waals surface area (Å²) >= 11 is 3.11. The zero-order chi connectivity index (χ0) is 29.6. The highest BCUT2D eigenvalue weighted by molar-refractivity contribution is 7.98. The van der Waals surface area contributed by atoms with Gasteiger partial charge in [-0.2, -0.15) is 0 Å². The summed E-state index contributed by atoms with van der Waals surface area (Å²) in [6.45, 7) is 2.09. The predicted molar refractivity (Wildman–Crippen MR) is 171 cm³/mol. The molecule has 0 bridgehead atoms. The van der Waals surface area contributed by atoms with Gasteiger partial charge in [0.05, 0.1) is 12.2 Å². The number of aromatic nitrogens is 3. The molecule has 43 heavy (non-hydrogen) atoms. The summed E-state index contributed by atoms with van der Waals surface area (Å²) in [5.41, 5.74) is 5.35. The van der Waals surface area contributed by atoms with Crippen LogP contribution in [-0.2, 0) is 29.8 Å². The second-order valence-corrected chi connectivity index (χ2v) is 12.4. The highest BCUT2D eigenvalue weighted by Gasteiger charge is 2.27. The van der Waals surface area contributed by atoms with Gasteiger partial charge in [-0.15, -0.1) is 21.5 Å². The monoisotopic (exact) mass is 608 g/mol. The molecule has 218 valence electrons. The Bertz CT molecular complexity index is 1710. The van der Waals surface area contributed by atoms with Crippen LogP contribution in [0.4, 0.5) is 5.00 Å². The zero-order valence-electron chi connectivity index (χ0n) is 23.9. The van der Waals surface area contributed by atoms with Crippen molar-refractivity contribution in [1.82, 2.24) is 14.8 Å². The first-order valence-corrected chi connectivity index (χ1v) is 16.3. The average Bonchev–Trinajstić information content (AvgIpc) is 3.61. The first-order chi connectivity index (χ1) is 21.1. The van der Waals surface area contributed by atoms with E-state index in [2.05, 4.69) is 44.3 Å². The summed E-state index contributed by atoms with van der Waals surface area (Å²) in [5.74, 6) is 0.949. The normalized spacial score (nSPS) is 12.5. The van der Waals surface area contributed by atoms with Crippen molar-refractivity contribution in [3.8, 4) is 5.69 Å². The minimum absolute atomic E-state index is 0.238. The predicted octanol–water partition coefficient (Wildman–Crippen LogP) is 7.52. The van der Waals surface area contributed by atoms with Gasteiger partial charge in [-0.05, 0) is 73.6 Å². The largest absolute Gasteiger partial charge is 0.462 e. The number of nitrogens with zero attached hydrogens (tertiary/aromatic N) is 3. The summed E-state index contributed by atoms with van der Waals surface area (Å²) in [4.78, 5) is 27.2. The molecule has 2 aromatic heterocycles. The average molecular weight is 609 g/mol. The molecule has 6 rings (SSSR count). The van der Waals surface area contributed by atoms with E-state index in [0.717, 1.165) is 53.5 Å². The number of carbonyl (C=O) groups is 2. The van der Waals surface area contributed by atoms with E-state index in [1.807, 2.05) is 60.7 Å². The number of fused-ring (bicyclic) bond motifs is 1. The number of hydrogen-bond donors (Lipinski definition) is 1.